The molecule has 0 radical (unpaired) electrons. The van der Waals surface area contributed by atoms with Gasteiger partial charge in [0.15, 0.2) is 9.84 Å². The number of likely N-dealkylation sites (tertiary alicyclic amines) is 1. The van der Waals surface area contributed by atoms with Crippen molar-refractivity contribution >= 4 is 33.1 Å². The van der Waals surface area contributed by atoms with Gasteiger partial charge >= 0.3 is 24.3 Å². The molecule has 3 aromatic rings. The van der Waals surface area contributed by atoms with Crippen molar-refractivity contribution in [2.75, 3.05) is 13.1 Å². The molecule has 2 atom stereocenters. The fourth-order valence-corrected chi connectivity index (χ4v) is 7.14. The fourth-order valence-electron chi connectivity index (χ4n) is 4.20. The minimum absolute atomic E-state index is 0.0664. The first kappa shape index (κ1) is 31.0. The summed E-state index contributed by atoms with van der Waals surface area (Å²) < 4.78 is 89.5. The maximum atomic E-state index is 13.0. The fraction of sp³-hybridized carbons (Fsp3) is 0.292. The zero-order valence-corrected chi connectivity index (χ0v) is 21.7. The van der Waals surface area contributed by atoms with Crippen LogP contribution < -0.4 is 0 Å². The minimum Gasteiger partial charge on any atom is -0.475 e. The van der Waals surface area contributed by atoms with Crippen LogP contribution in [0.5, 0.6) is 0 Å². The van der Waals surface area contributed by atoms with E-state index in [0.29, 0.717) is 11.4 Å². The Labute approximate surface area is 227 Å². The topological polar surface area (TPSA) is 125 Å². The largest absolute Gasteiger partial charge is 0.490 e. The van der Waals surface area contributed by atoms with Crippen LogP contribution in [0.15, 0.2) is 65.1 Å². The number of pyridine rings is 1. The predicted octanol–water partition coefficient (Wildman–Crippen LogP) is 4.83. The number of thiophene rings is 1. The molecule has 0 amide bonds. The third-order valence-electron chi connectivity index (χ3n) is 5.91. The quantitative estimate of drug-likeness (QED) is 0.404. The first-order valence-corrected chi connectivity index (χ1v) is 13.6. The van der Waals surface area contributed by atoms with Crippen LogP contribution in [0.2, 0.25) is 0 Å². The first-order chi connectivity index (χ1) is 18.5. The van der Waals surface area contributed by atoms with E-state index in [0.717, 1.165) is 29.8 Å². The molecule has 0 spiro atoms. The van der Waals surface area contributed by atoms with Crippen molar-refractivity contribution in [3.63, 3.8) is 0 Å². The summed E-state index contributed by atoms with van der Waals surface area (Å²) in [4.78, 5) is 25.9. The van der Waals surface area contributed by atoms with Crippen LogP contribution in [0.1, 0.15) is 16.4 Å². The summed E-state index contributed by atoms with van der Waals surface area (Å²) in [7, 11) is -3.24. The second kappa shape index (κ2) is 11.9. The van der Waals surface area contributed by atoms with Crippen molar-refractivity contribution in [2.45, 2.75) is 35.0 Å². The van der Waals surface area contributed by atoms with Gasteiger partial charge in [0.1, 0.15) is 0 Å². The van der Waals surface area contributed by atoms with Crippen molar-refractivity contribution in [2.24, 2.45) is 0 Å². The predicted molar refractivity (Wildman–Crippen MR) is 130 cm³/mol. The maximum Gasteiger partial charge on any atom is 0.490 e. The molecule has 8 nitrogen and oxygen atoms in total. The van der Waals surface area contributed by atoms with E-state index in [2.05, 4.69) is 27.4 Å². The smallest absolute Gasteiger partial charge is 0.475 e. The average Bonchev–Trinajstić information content (AvgIpc) is 3.58. The van der Waals surface area contributed by atoms with Crippen LogP contribution >= 0.6 is 11.3 Å². The molecule has 2 aliphatic rings. The SMILES string of the molecule is O=C(O)C(F)(F)F.O=C(O)C(F)(F)F.O=S1(=O)c2ccc(-c3ccncc3)cc2C2CN(Cc3cccs3)CC21. The van der Waals surface area contributed by atoms with Crippen molar-refractivity contribution in [1.82, 2.24) is 9.88 Å². The average molecular weight is 611 g/mol. The van der Waals surface area contributed by atoms with E-state index < -0.39 is 34.1 Å². The van der Waals surface area contributed by atoms with Crippen molar-refractivity contribution in [3.05, 3.63) is 70.7 Å². The number of hydrogen-bond acceptors (Lipinski definition) is 7. The second-order valence-corrected chi connectivity index (χ2v) is 11.7. The van der Waals surface area contributed by atoms with Gasteiger partial charge in [-0.25, -0.2) is 18.0 Å². The number of aliphatic carboxylic acids is 2. The van der Waals surface area contributed by atoms with Crippen LogP contribution in [0.25, 0.3) is 11.1 Å². The van der Waals surface area contributed by atoms with Gasteiger partial charge in [-0.1, -0.05) is 12.1 Å². The van der Waals surface area contributed by atoms with Crippen LogP contribution in [-0.2, 0) is 26.0 Å². The number of hydrogen-bond donors (Lipinski definition) is 2. The number of fused-ring (bicyclic) bond motifs is 3. The van der Waals surface area contributed by atoms with E-state index in [9.17, 15) is 34.8 Å². The molecule has 16 heteroatoms. The summed E-state index contributed by atoms with van der Waals surface area (Å²) in [6, 6.07) is 13.9. The summed E-state index contributed by atoms with van der Waals surface area (Å²) in [5.41, 5.74) is 3.11. The third-order valence-corrected chi connectivity index (χ3v) is 9.04. The lowest BCUT2D eigenvalue weighted by atomic mass is 9.95. The Morgan fingerprint density at radius 3 is 2.00 bits per heavy atom. The molecule has 40 heavy (non-hydrogen) atoms. The molecule has 0 saturated carbocycles. The summed E-state index contributed by atoms with van der Waals surface area (Å²) in [6.07, 6.45) is -6.64. The number of aromatic nitrogens is 1. The van der Waals surface area contributed by atoms with Gasteiger partial charge in [0.25, 0.3) is 0 Å². The summed E-state index contributed by atoms with van der Waals surface area (Å²) in [6.45, 7) is 2.25. The van der Waals surface area contributed by atoms with Gasteiger partial charge in [-0.15, -0.1) is 11.3 Å². The molecule has 2 aliphatic heterocycles. The van der Waals surface area contributed by atoms with Crippen molar-refractivity contribution < 1.29 is 54.6 Å². The lowest BCUT2D eigenvalue weighted by Crippen LogP contribution is -2.25. The van der Waals surface area contributed by atoms with Gasteiger partial charge in [-0.05, 0) is 52.4 Å². The standard InChI is InChI=1S/C20H18N2O2S2.2C2HF3O2/c23-26(24)19-4-3-15(14-5-7-21-8-6-14)10-17(19)18-12-22(13-20(18)26)11-16-2-1-9-25-16;2*3-2(4,5)1(6)7/h1-10,18,20H,11-13H2;2*(H,6,7). The second-order valence-electron chi connectivity index (χ2n) is 8.56. The molecule has 4 heterocycles. The summed E-state index contributed by atoms with van der Waals surface area (Å²) in [5, 5.41) is 16.0. The number of carboxylic acid groups (broad SMARTS) is 2. The molecule has 216 valence electrons. The molecule has 0 bridgehead atoms. The van der Waals surface area contributed by atoms with E-state index in [1.54, 1.807) is 29.8 Å². The van der Waals surface area contributed by atoms with E-state index in [1.807, 2.05) is 24.3 Å². The van der Waals surface area contributed by atoms with Crippen LogP contribution in [-0.4, -0.2) is 71.1 Å². The number of carboxylic acids is 2. The lowest BCUT2D eigenvalue weighted by Gasteiger charge is -2.16. The minimum atomic E-state index is -5.08. The monoisotopic (exact) mass is 610 g/mol. The highest BCUT2D eigenvalue weighted by molar-refractivity contribution is 7.92. The Kier molecular flexibility index (Phi) is 9.26. The number of nitrogens with zero attached hydrogens (tertiary/aromatic N) is 2. The number of halogens is 6. The van der Waals surface area contributed by atoms with Gasteiger partial charge in [-0.2, -0.15) is 26.3 Å². The Morgan fingerprint density at radius 1 is 0.925 bits per heavy atom. The highest BCUT2D eigenvalue weighted by Gasteiger charge is 2.50. The molecule has 2 unspecified atom stereocenters. The maximum absolute atomic E-state index is 13.0. The summed E-state index contributed by atoms with van der Waals surface area (Å²) in [5.74, 6) is -5.45. The third kappa shape index (κ3) is 7.37. The molecule has 2 N–H and O–H groups in total. The van der Waals surface area contributed by atoms with Crippen molar-refractivity contribution in [1.29, 1.82) is 0 Å². The van der Waals surface area contributed by atoms with E-state index in [1.165, 1.54) is 4.88 Å². The highest BCUT2D eigenvalue weighted by atomic mass is 32.2. The van der Waals surface area contributed by atoms with Crippen LogP contribution in [0, 0.1) is 0 Å². The number of rotatable bonds is 3. The Morgan fingerprint density at radius 2 is 1.50 bits per heavy atom. The lowest BCUT2D eigenvalue weighted by molar-refractivity contribution is -0.193. The molecule has 1 aromatic carbocycles. The normalized spacial score (nSPS) is 19.4. The molecule has 0 aliphatic carbocycles. The summed E-state index contributed by atoms with van der Waals surface area (Å²) >= 11 is 1.73. The van der Waals surface area contributed by atoms with E-state index in [-0.39, 0.29) is 11.2 Å². The van der Waals surface area contributed by atoms with Gasteiger partial charge in [0.2, 0.25) is 0 Å². The molecule has 2 aromatic heterocycles. The number of carbonyl (C=O) groups is 2. The van der Waals surface area contributed by atoms with Crippen LogP contribution in [0.3, 0.4) is 0 Å². The number of alkyl halides is 6. The first-order valence-electron chi connectivity index (χ1n) is 11.1. The highest BCUT2D eigenvalue weighted by Crippen LogP contribution is 2.46. The van der Waals surface area contributed by atoms with Gasteiger partial charge in [0, 0.05) is 42.8 Å². The van der Waals surface area contributed by atoms with E-state index in [4.69, 9.17) is 19.8 Å². The van der Waals surface area contributed by atoms with Gasteiger partial charge in [-0.3, -0.25) is 9.88 Å². The van der Waals surface area contributed by atoms with Crippen LogP contribution in [0.4, 0.5) is 26.3 Å². The Hall–Kier alpha value is -3.50. The van der Waals surface area contributed by atoms with Gasteiger partial charge in [0.05, 0.1) is 10.1 Å². The van der Waals surface area contributed by atoms with Crippen molar-refractivity contribution in [3.8, 4) is 11.1 Å². The Balaban J connectivity index is 0.000000263. The zero-order chi connectivity index (χ0) is 29.9. The zero-order valence-electron chi connectivity index (χ0n) is 20.1. The molecular formula is C24H20F6N2O6S2. The molecule has 1 fully saturated rings. The molecular weight excluding hydrogens is 590 g/mol. The van der Waals surface area contributed by atoms with Gasteiger partial charge < -0.3 is 10.2 Å². The molecule has 5 rings (SSSR count). The Bertz CT molecular complexity index is 1420. The number of benzene rings is 1. The molecule has 1 saturated heterocycles. The number of sulfone groups is 1. The van der Waals surface area contributed by atoms with E-state index >= 15 is 0 Å².